The summed E-state index contributed by atoms with van der Waals surface area (Å²) in [6.45, 7) is 0.221. The first kappa shape index (κ1) is 25.0. The van der Waals surface area contributed by atoms with Crippen molar-refractivity contribution in [2.45, 2.75) is 6.61 Å². The molecular formula is C29H20ClFN2O5. The van der Waals surface area contributed by atoms with Gasteiger partial charge in [0, 0.05) is 0 Å². The number of urea groups is 1. The maximum Gasteiger partial charge on any atom is 0.336 e. The predicted octanol–water partition coefficient (Wildman–Crippen LogP) is 5.89. The summed E-state index contributed by atoms with van der Waals surface area (Å²) < 4.78 is 25.8. The molecule has 4 aromatic carbocycles. The average molecular weight is 531 g/mol. The summed E-state index contributed by atoms with van der Waals surface area (Å²) >= 11 is 6.52. The van der Waals surface area contributed by atoms with Gasteiger partial charge in [0.05, 0.1) is 17.8 Å². The van der Waals surface area contributed by atoms with E-state index in [0.29, 0.717) is 10.5 Å². The fourth-order valence-corrected chi connectivity index (χ4v) is 4.48. The van der Waals surface area contributed by atoms with Crippen LogP contribution in [0.2, 0.25) is 5.02 Å². The number of methoxy groups -OCH3 is 1. The Morgan fingerprint density at radius 2 is 1.71 bits per heavy atom. The van der Waals surface area contributed by atoms with Gasteiger partial charge in [0.25, 0.3) is 11.8 Å². The zero-order valence-electron chi connectivity index (χ0n) is 20.0. The van der Waals surface area contributed by atoms with Crippen molar-refractivity contribution in [2.24, 2.45) is 0 Å². The molecule has 0 aliphatic carbocycles. The van der Waals surface area contributed by atoms with E-state index in [0.717, 1.165) is 22.4 Å². The molecule has 4 amide bonds. The van der Waals surface area contributed by atoms with Gasteiger partial charge in [0.2, 0.25) is 0 Å². The highest BCUT2D eigenvalue weighted by Gasteiger charge is 2.38. The molecule has 0 bridgehead atoms. The van der Waals surface area contributed by atoms with Crippen molar-refractivity contribution in [3.63, 3.8) is 0 Å². The van der Waals surface area contributed by atoms with E-state index in [1.165, 1.54) is 37.5 Å². The molecule has 190 valence electrons. The number of fused-ring (bicyclic) bond motifs is 1. The van der Waals surface area contributed by atoms with Gasteiger partial charge in [-0.3, -0.25) is 14.9 Å². The van der Waals surface area contributed by atoms with Crippen LogP contribution in [0.4, 0.5) is 14.9 Å². The van der Waals surface area contributed by atoms with Crippen molar-refractivity contribution in [3.8, 4) is 11.5 Å². The van der Waals surface area contributed by atoms with E-state index in [1.807, 2.05) is 42.5 Å². The molecule has 4 aromatic rings. The van der Waals surface area contributed by atoms with Crippen molar-refractivity contribution in [1.29, 1.82) is 0 Å². The normalized spacial score (nSPS) is 14.7. The Bertz CT molecular complexity index is 1630. The van der Waals surface area contributed by atoms with E-state index >= 15 is 0 Å². The molecule has 1 heterocycles. The number of carbonyl (C=O) groups is 3. The number of anilines is 1. The lowest BCUT2D eigenvalue weighted by molar-refractivity contribution is -0.122. The van der Waals surface area contributed by atoms with Crippen LogP contribution in [0.25, 0.3) is 16.8 Å². The van der Waals surface area contributed by atoms with Crippen LogP contribution in [-0.2, 0) is 16.2 Å². The van der Waals surface area contributed by atoms with E-state index in [4.69, 9.17) is 21.1 Å². The van der Waals surface area contributed by atoms with Crippen LogP contribution in [0.3, 0.4) is 0 Å². The third kappa shape index (κ3) is 4.69. The second-order valence-electron chi connectivity index (χ2n) is 8.37. The van der Waals surface area contributed by atoms with E-state index in [2.05, 4.69) is 5.32 Å². The summed E-state index contributed by atoms with van der Waals surface area (Å²) in [6.07, 6.45) is 1.25. The van der Waals surface area contributed by atoms with Crippen molar-refractivity contribution in [3.05, 3.63) is 106 Å². The molecule has 1 fully saturated rings. The molecule has 7 nitrogen and oxygen atoms in total. The SMILES string of the molecule is COc1cc(/C=C2/C(=O)NC(=O)N(c3ccccc3F)C2=O)cc(Cl)c1OCc1cccc2ccccc12. The Labute approximate surface area is 222 Å². The Morgan fingerprint density at radius 1 is 0.974 bits per heavy atom. The highest BCUT2D eigenvalue weighted by molar-refractivity contribution is 6.39. The molecule has 5 rings (SSSR count). The first-order valence-electron chi connectivity index (χ1n) is 11.5. The molecule has 1 saturated heterocycles. The third-order valence-electron chi connectivity index (χ3n) is 6.01. The van der Waals surface area contributed by atoms with Crippen molar-refractivity contribution >= 4 is 52.0 Å². The van der Waals surface area contributed by atoms with Crippen molar-refractivity contribution in [2.75, 3.05) is 12.0 Å². The number of nitrogens with zero attached hydrogens (tertiary/aromatic N) is 1. The lowest BCUT2D eigenvalue weighted by Crippen LogP contribution is -2.54. The summed E-state index contributed by atoms with van der Waals surface area (Å²) in [5.41, 5.74) is 0.636. The second kappa shape index (κ2) is 10.4. The molecule has 1 aliphatic heterocycles. The number of amides is 4. The molecular weight excluding hydrogens is 511 g/mol. The van der Waals surface area contributed by atoms with Gasteiger partial charge in [0.1, 0.15) is 18.0 Å². The van der Waals surface area contributed by atoms with Crippen LogP contribution < -0.4 is 19.7 Å². The average Bonchev–Trinajstić information content (AvgIpc) is 2.91. The van der Waals surface area contributed by atoms with Crippen LogP contribution in [0.1, 0.15) is 11.1 Å². The van der Waals surface area contributed by atoms with E-state index < -0.39 is 23.7 Å². The fraction of sp³-hybridized carbons (Fsp3) is 0.0690. The molecule has 0 aromatic heterocycles. The largest absolute Gasteiger partial charge is 0.493 e. The molecule has 9 heteroatoms. The highest BCUT2D eigenvalue weighted by atomic mass is 35.5. The van der Waals surface area contributed by atoms with Gasteiger partial charge in [0.15, 0.2) is 11.5 Å². The summed E-state index contributed by atoms with van der Waals surface area (Å²) in [6, 6.07) is 21.1. The Morgan fingerprint density at radius 3 is 2.50 bits per heavy atom. The maximum absolute atomic E-state index is 14.3. The number of rotatable bonds is 6. The Balaban J connectivity index is 1.45. The second-order valence-corrected chi connectivity index (χ2v) is 8.78. The van der Waals surface area contributed by atoms with E-state index in [1.54, 1.807) is 6.07 Å². The molecule has 1 N–H and O–H groups in total. The predicted molar refractivity (Wildman–Crippen MR) is 142 cm³/mol. The van der Waals surface area contributed by atoms with Crippen LogP contribution in [0.15, 0.2) is 84.4 Å². The van der Waals surface area contributed by atoms with Gasteiger partial charge in [-0.2, -0.15) is 0 Å². The molecule has 0 radical (unpaired) electrons. The molecule has 0 atom stereocenters. The molecule has 0 saturated carbocycles. The third-order valence-corrected chi connectivity index (χ3v) is 6.29. The number of barbiturate groups is 1. The lowest BCUT2D eigenvalue weighted by Gasteiger charge is -2.26. The van der Waals surface area contributed by atoms with Crippen LogP contribution in [0, 0.1) is 5.82 Å². The van der Waals surface area contributed by atoms with Crippen LogP contribution >= 0.6 is 11.6 Å². The fourth-order valence-electron chi connectivity index (χ4n) is 4.21. The van der Waals surface area contributed by atoms with Gasteiger partial charge in [-0.15, -0.1) is 0 Å². The number of nitrogens with one attached hydrogen (secondary N) is 1. The lowest BCUT2D eigenvalue weighted by atomic mass is 10.1. The smallest absolute Gasteiger partial charge is 0.336 e. The molecule has 0 unspecified atom stereocenters. The minimum absolute atomic E-state index is 0.183. The molecule has 38 heavy (non-hydrogen) atoms. The number of para-hydroxylation sites is 1. The van der Waals surface area contributed by atoms with Gasteiger partial charge in [-0.05, 0) is 52.2 Å². The molecule has 0 spiro atoms. The molecule has 1 aliphatic rings. The number of imide groups is 2. The maximum atomic E-state index is 14.3. The van der Waals surface area contributed by atoms with Crippen molar-refractivity contribution in [1.82, 2.24) is 5.32 Å². The summed E-state index contributed by atoms with van der Waals surface area (Å²) in [7, 11) is 1.43. The Kier molecular flexibility index (Phi) is 6.81. The number of carbonyl (C=O) groups excluding carboxylic acids is 3. The van der Waals surface area contributed by atoms with Gasteiger partial charge in [-0.25, -0.2) is 14.1 Å². The standard InChI is InChI=1S/C29H20ClFN2O5/c1-37-25-15-17(13-21-27(34)32-29(36)33(28(21)35)24-12-5-4-11-23(24)31)14-22(30)26(25)38-16-19-9-6-8-18-7-2-3-10-20(18)19/h2-15H,16H2,1H3,(H,32,34,36)/b21-13-. The minimum Gasteiger partial charge on any atom is -0.493 e. The minimum atomic E-state index is -1.05. The first-order chi connectivity index (χ1) is 18.4. The van der Waals surface area contributed by atoms with Gasteiger partial charge < -0.3 is 9.47 Å². The first-order valence-corrected chi connectivity index (χ1v) is 11.9. The van der Waals surface area contributed by atoms with E-state index in [9.17, 15) is 18.8 Å². The zero-order valence-corrected chi connectivity index (χ0v) is 20.8. The number of halogens is 2. The summed E-state index contributed by atoms with van der Waals surface area (Å²) in [5, 5.41) is 4.37. The van der Waals surface area contributed by atoms with Gasteiger partial charge >= 0.3 is 6.03 Å². The van der Waals surface area contributed by atoms with Gasteiger partial charge in [-0.1, -0.05) is 66.2 Å². The van der Waals surface area contributed by atoms with Crippen LogP contribution in [-0.4, -0.2) is 25.0 Å². The number of ether oxygens (including phenoxy) is 2. The topological polar surface area (TPSA) is 84.9 Å². The number of hydrogen-bond acceptors (Lipinski definition) is 5. The Hall–Kier alpha value is -4.69. The van der Waals surface area contributed by atoms with E-state index in [-0.39, 0.29) is 34.4 Å². The van der Waals surface area contributed by atoms with Crippen molar-refractivity contribution < 1.29 is 28.2 Å². The highest BCUT2D eigenvalue weighted by Crippen LogP contribution is 2.38. The van der Waals surface area contributed by atoms with Crippen LogP contribution in [0.5, 0.6) is 11.5 Å². The quantitative estimate of drug-likeness (QED) is 0.248. The monoisotopic (exact) mass is 530 g/mol. The zero-order chi connectivity index (χ0) is 26.8. The number of hydrogen-bond donors (Lipinski definition) is 1. The number of benzene rings is 4. The summed E-state index contributed by atoms with van der Waals surface area (Å²) in [5.74, 6) is -2.13. The summed E-state index contributed by atoms with van der Waals surface area (Å²) in [4.78, 5) is 38.6.